The van der Waals surface area contributed by atoms with Gasteiger partial charge in [-0.3, -0.25) is 19.3 Å². The molecule has 30 heavy (non-hydrogen) atoms. The fourth-order valence-electron chi connectivity index (χ4n) is 2.88. The van der Waals surface area contributed by atoms with Crippen LogP contribution in [0.15, 0.2) is 41.3 Å². The van der Waals surface area contributed by atoms with Gasteiger partial charge in [-0.05, 0) is 42.1 Å². The summed E-state index contributed by atoms with van der Waals surface area (Å²) in [5, 5.41) is 2.81. The van der Waals surface area contributed by atoms with Gasteiger partial charge in [0.15, 0.2) is 11.5 Å². The molecule has 10 heteroatoms. The number of nitrogens with zero attached hydrogens (tertiary/aromatic N) is 1. The lowest BCUT2D eigenvalue weighted by molar-refractivity contribution is -0.127. The van der Waals surface area contributed by atoms with Crippen molar-refractivity contribution >= 4 is 63.8 Å². The highest BCUT2D eigenvalue weighted by Crippen LogP contribution is 2.36. The van der Waals surface area contributed by atoms with Crippen LogP contribution >= 0.6 is 35.0 Å². The van der Waals surface area contributed by atoms with Crippen LogP contribution in [0.3, 0.4) is 0 Å². The summed E-state index contributed by atoms with van der Waals surface area (Å²) in [7, 11) is 0. The predicted octanol–water partition coefficient (Wildman–Crippen LogP) is 4.44. The Kier molecular flexibility index (Phi) is 5.90. The molecule has 2 aromatic rings. The number of benzene rings is 2. The summed E-state index contributed by atoms with van der Waals surface area (Å²) in [6.45, 7) is 0.459. The topological polar surface area (TPSA) is 84.9 Å². The van der Waals surface area contributed by atoms with Gasteiger partial charge in [0.1, 0.15) is 19.8 Å². The molecule has 1 fully saturated rings. The van der Waals surface area contributed by atoms with Crippen molar-refractivity contribution in [3.8, 4) is 11.5 Å². The van der Waals surface area contributed by atoms with E-state index in [1.165, 1.54) is 6.08 Å². The zero-order chi connectivity index (χ0) is 21.3. The van der Waals surface area contributed by atoms with Crippen molar-refractivity contribution in [1.82, 2.24) is 4.90 Å². The van der Waals surface area contributed by atoms with Gasteiger partial charge in [0, 0.05) is 27.4 Å². The normalized spacial score (nSPS) is 16.9. The maximum absolute atomic E-state index is 12.6. The van der Waals surface area contributed by atoms with Crippen molar-refractivity contribution in [3.63, 3.8) is 0 Å². The molecular weight excluding hydrogens is 451 g/mol. The van der Waals surface area contributed by atoms with Crippen molar-refractivity contribution in [2.24, 2.45) is 0 Å². The number of anilines is 1. The first-order valence-corrected chi connectivity index (χ1v) is 10.4. The minimum absolute atomic E-state index is 0.141. The first kappa shape index (κ1) is 20.6. The monoisotopic (exact) mass is 464 g/mol. The molecule has 0 atom stereocenters. The third kappa shape index (κ3) is 4.26. The smallest absolute Gasteiger partial charge is 0.294 e. The lowest BCUT2D eigenvalue weighted by Gasteiger charge is -2.19. The van der Waals surface area contributed by atoms with E-state index in [0.717, 1.165) is 16.7 Å². The first-order valence-electron chi connectivity index (χ1n) is 8.81. The van der Waals surface area contributed by atoms with Gasteiger partial charge in [-0.1, -0.05) is 29.3 Å². The molecule has 0 aliphatic carbocycles. The summed E-state index contributed by atoms with van der Waals surface area (Å²) in [4.78, 5) is 38.3. The van der Waals surface area contributed by atoms with Crippen LogP contribution in [0.1, 0.15) is 5.56 Å². The van der Waals surface area contributed by atoms with Crippen LogP contribution in [-0.4, -0.2) is 41.7 Å². The number of rotatable bonds is 4. The van der Waals surface area contributed by atoms with E-state index >= 15 is 0 Å². The van der Waals surface area contributed by atoms with E-state index in [-0.39, 0.29) is 4.91 Å². The Morgan fingerprint density at radius 2 is 1.80 bits per heavy atom. The van der Waals surface area contributed by atoms with E-state index < -0.39 is 23.6 Å². The zero-order valence-electron chi connectivity index (χ0n) is 15.3. The fraction of sp³-hybridized carbons (Fsp3) is 0.150. The first-order chi connectivity index (χ1) is 14.4. The van der Waals surface area contributed by atoms with Crippen LogP contribution in [0.5, 0.6) is 11.5 Å². The van der Waals surface area contributed by atoms with Gasteiger partial charge in [0.25, 0.3) is 11.1 Å². The molecule has 2 aliphatic heterocycles. The molecule has 7 nitrogen and oxygen atoms in total. The van der Waals surface area contributed by atoms with E-state index in [4.69, 9.17) is 32.7 Å². The standard InChI is InChI=1S/C20H14Cl2N2O5S/c21-13-2-1-3-14(22)12(13)9-17-19(26)24(20(27)30-17)10-18(25)23-11-4-5-15-16(8-11)29-7-6-28-15/h1-5,8-9H,6-7,10H2,(H,23,25)/b17-9+. The second kappa shape index (κ2) is 8.59. The molecule has 1 N–H and O–H groups in total. The summed E-state index contributed by atoms with van der Waals surface area (Å²) in [6, 6.07) is 9.89. The highest BCUT2D eigenvalue weighted by atomic mass is 35.5. The molecule has 2 heterocycles. The second-order valence-electron chi connectivity index (χ2n) is 6.31. The Balaban J connectivity index is 1.46. The quantitative estimate of drug-likeness (QED) is 0.673. The largest absolute Gasteiger partial charge is 0.486 e. The number of hydrogen-bond acceptors (Lipinski definition) is 6. The number of thioether (sulfide) groups is 1. The van der Waals surface area contributed by atoms with E-state index in [1.807, 2.05) is 0 Å². The van der Waals surface area contributed by atoms with Gasteiger partial charge in [-0.15, -0.1) is 0 Å². The average molecular weight is 465 g/mol. The zero-order valence-corrected chi connectivity index (χ0v) is 17.6. The lowest BCUT2D eigenvalue weighted by atomic mass is 10.2. The third-order valence-corrected chi connectivity index (χ3v) is 5.84. The van der Waals surface area contributed by atoms with Crippen LogP contribution in [0.4, 0.5) is 10.5 Å². The molecule has 0 unspecified atom stereocenters. The lowest BCUT2D eigenvalue weighted by Crippen LogP contribution is -2.36. The molecule has 3 amide bonds. The number of amides is 3. The van der Waals surface area contributed by atoms with Crippen molar-refractivity contribution < 1.29 is 23.9 Å². The molecule has 2 aromatic carbocycles. The fourth-order valence-corrected chi connectivity index (χ4v) is 4.21. The molecule has 2 aliphatic rings. The molecule has 0 bridgehead atoms. The molecule has 1 saturated heterocycles. The molecular formula is C20H14Cl2N2O5S. The molecule has 4 rings (SSSR count). The van der Waals surface area contributed by atoms with Gasteiger partial charge in [0.2, 0.25) is 5.91 Å². The molecule has 154 valence electrons. The van der Waals surface area contributed by atoms with Crippen LogP contribution < -0.4 is 14.8 Å². The summed E-state index contributed by atoms with van der Waals surface area (Å²) < 4.78 is 10.9. The van der Waals surface area contributed by atoms with Crippen molar-refractivity contribution in [1.29, 1.82) is 0 Å². The number of nitrogens with one attached hydrogen (secondary N) is 1. The van der Waals surface area contributed by atoms with Crippen LogP contribution in [-0.2, 0) is 9.59 Å². The number of halogens is 2. The molecule has 0 saturated carbocycles. The number of carbonyl (C=O) groups is 3. The number of ether oxygens (including phenoxy) is 2. The van der Waals surface area contributed by atoms with Crippen LogP contribution in [0.2, 0.25) is 10.0 Å². The van der Waals surface area contributed by atoms with E-state index in [1.54, 1.807) is 36.4 Å². The van der Waals surface area contributed by atoms with Gasteiger partial charge in [-0.2, -0.15) is 0 Å². The SMILES string of the molecule is O=C(CN1C(=O)S/C(=C/c2c(Cl)cccc2Cl)C1=O)Nc1ccc2c(c1)OCCO2. The average Bonchev–Trinajstić information content (AvgIpc) is 2.98. The van der Waals surface area contributed by atoms with Gasteiger partial charge in [0.05, 0.1) is 4.91 Å². The Morgan fingerprint density at radius 3 is 2.53 bits per heavy atom. The minimum atomic E-state index is -0.585. The number of hydrogen-bond donors (Lipinski definition) is 1. The number of fused-ring (bicyclic) bond motifs is 1. The highest BCUT2D eigenvalue weighted by molar-refractivity contribution is 8.18. The van der Waals surface area contributed by atoms with Crippen molar-refractivity contribution in [2.45, 2.75) is 0 Å². The van der Waals surface area contributed by atoms with E-state index in [9.17, 15) is 14.4 Å². The summed E-state index contributed by atoms with van der Waals surface area (Å²) in [6.07, 6.45) is 1.45. The highest BCUT2D eigenvalue weighted by Gasteiger charge is 2.36. The minimum Gasteiger partial charge on any atom is -0.486 e. The predicted molar refractivity (Wildman–Crippen MR) is 115 cm³/mol. The van der Waals surface area contributed by atoms with E-state index in [2.05, 4.69) is 5.32 Å². The van der Waals surface area contributed by atoms with E-state index in [0.29, 0.717) is 46.0 Å². The van der Waals surface area contributed by atoms with Crippen LogP contribution in [0, 0.1) is 0 Å². The van der Waals surface area contributed by atoms with Gasteiger partial charge < -0.3 is 14.8 Å². The maximum Gasteiger partial charge on any atom is 0.294 e. The maximum atomic E-state index is 12.6. The summed E-state index contributed by atoms with van der Waals surface area (Å²) in [5.74, 6) is 0.00245. The van der Waals surface area contributed by atoms with Gasteiger partial charge >= 0.3 is 0 Å². The number of carbonyl (C=O) groups excluding carboxylic acids is 3. The van der Waals surface area contributed by atoms with Crippen molar-refractivity contribution in [3.05, 3.63) is 56.9 Å². The summed E-state index contributed by atoms with van der Waals surface area (Å²) in [5.41, 5.74) is 0.904. The van der Waals surface area contributed by atoms with Crippen molar-refractivity contribution in [2.75, 3.05) is 25.1 Å². The van der Waals surface area contributed by atoms with Crippen LogP contribution in [0.25, 0.3) is 6.08 Å². The third-order valence-electron chi connectivity index (χ3n) is 4.28. The second-order valence-corrected chi connectivity index (χ2v) is 8.12. The molecule has 0 spiro atoms. The Labute approximate surface area is 185 Å². The summed E-state index contributed by atoms with van der Waals surface area (Å²) >= 11 is 13.0. The molecule has 0 radical (unpaired) electrons. The Hall–Kier alpha value is -2.68. The number of imide groups is 1. The molecule has 0 aromatic heterocycles. The van der Waals surface area contributed by atoms with Gasteiger partial charge in [-0.25, -0.2) is 0 Å². The Bertz CT molecular complexity index is 1070. The Morgan fingerprint density at radius 1 is 1.10 bits per heavy atom.